The predicted octanol–water partition coefficient (Wildman–Crippen LogP) is -0.0461. The molecule has 0 bridgehead atoms. The van der Waals surface area contributed by atoms with Crippen molar-refractivity contribution in [1.29, 1.82) is 0 Å². The van der Waals surface area contributed by atoms with Gasteiger partial charge in [-0.3, -0.25) is 9.59 Å². The van der Waals surface area contributed by atoms with E-state index in [-0.39, 0.29) is 22.9 Å². The van der Waals surface area contributed by atoms with Crippen LogP contribution in [0.25, 0.3) is 0 Å². The minimum atomic E-state index is -0.439. The van der Waals surface area contributed by atoms with E-state index in [4.69, 9.17) is 0 Å². The van der Waals surface area contributed by atoms with Crippen LogP contribution in [0, 0.1) is 5.92 Å². The Morgan fingerprint density at radius 2 is 2.09 bits per heavy atom. The molecule has 1 aliphatic heterocycles. The van der Waals surface area contributed by atoms with Gasteiger partial charge in [0.2, 0.25) is 0 Å². The first-order valence-electron chi connectivity index (χ1n) is 8.07. The lowest BCUT2D eigenvalue weighted by molar-refractivity contribution is 0.0925. The number of aliphatic hydroxyl groups excluding tert-OH is 1. The van der Waals surface area contributed by atoms with Crippen LogP contribution in [-0.4, -0.2) is 41.7 Å². The van der Waals surface area contributed by atoms with Crippen molar-refractivity contribution in [3.05, 3.63) is 33.2 Å². The number of hydrogen-bond acceptors (Lipinski definition) is 4. The number of carbonyl (C=O) groups excluding carboxylic acids is 1. The van der Waals surface area contributed by atoms with E-state index in [0.29, 0.717) is 19.6 Å². The molecule has 0 aromatic carbocycles. The third-order valence-corrected chi connectivity index (χ3v) is 4.66. The molecule has 6 nitrogen and oxygen atoms in total. The monoisotopic (exact) mass is 305 g/mol. The smallest absolute Gasteiger partial charge is 0.261 e. The zero-order valence-corrected chi connectivity index (χ0v) is 12.7. The molecule has 0 spiro atoms. The lowest BCUT2D eigenvalue weighted by Gasteiger charge is -2.14. The van der Waals surface area contributed by atoms with E-state index in [0.717, 1.165) is 43.4 Å². The maximum absolute atomic E-state index is 12.3. The highest BCUT2D eigenvalue weighted by atomic mass is 16.3. The summed E-state index contributed by atoms with van der Waals surface area (Å²) < 4.78 is 0. The molecule has 2 atom stereocenters. The molecular weight excluding hydrogens is 282 g/mol. The summed E-state index contributed by atoms with van der Waals surface area (Å²) >= 11 is 0. The van der Waals surface area contributed by atoms with Gasteiger partial charge in [0.25, 0.3) is 11.5 Å². The second-order valence-electron chi connectivity index (χ2n) is 6.27. The molecule has 0 radical (unpaired) electrons. The summed E-state index contributed by atoms with van der Waals surface area (Å²) in [4.78, 5) is 27.3. The number of H-pyrrole nitrogens is 1. The molecule has 1 amide bonds. The number of aromatic nitrogens is 1. The summed E-state index contributed by atoms with van der Waals surface area (Å²) in [6.07, 6.45) is 4.70. The molecule has 1 saturated heterocycles. The number of hydrogen-bond donors (Lipinski definition) is 4. The first kappa shape index (κ1) is 15.2. The molecule has 6 heteroatoms. The van der Waals surface area contributed by atoms with Gasteiger partial charge in [-0.1, -0.05) is 6.42 Å². The second kappa shape index (κ2) is 6.62. The quantitative estimate of drug-likeness (QED) is 0.589. The van der Waals surface area contributed by atoms with Gasteiger partial charge in [-0.2, -0.15) is 0 Å². The number of fused-ring (bicyclic) bond motifs is 1. The Hall–Kier alpha value is -1.66. The van der Waals surface area contributed by atoms with Crippen LogP contribution in [0.1, 0.15) is 40.9 Å². The highest BCUT2D eigenvalue weighted by molar-refractivity contribution is 5.94. The van der Waals surface area contributed by atoms with E-state index in [1.165, 1.54) is 0 Å². The van der Waals surface area contributed by atoms with Gasteiger partial charge in [-0.25, -0.2) is 0 Å². The molecule has 1 aromatic rings. The zero-order valence-electron chi connectivity index (χ0n) is 12.7. The molecule has 22 heavy (non-hydrogen) atoms. The summed E-state index contributed by atoms with van der Waals surface area (Å²) in [5.74, 6) is -0.351. The summed E-state index contributed by atoms with van der Waals surface area (Å²) in [5, 5.41) is 15.6. The van der Waals surface area contributed by atoms with Crippen LogP contribution in [-0.2, 0) is 12.8 Å². The Balaban J connectivity index is 1.72. The fourth-order valence-corrected chi connectivity index (χ4v) is 3.27. The molecule has 1 aromatic heterocycles. The lowest BCUT2D eigenvalue weighted by Crippen LogP contribution is -2.37. The Morgan fingerprint density at radius 1 is 1.27 bits per heavy atom. The van der Waals surface area contributed by atoms with E-state index in [9.17, 15) is 14.7 Å². The third-order valence-electron chi connectivity index (χ3n) is 4.66. The Morgan fingerprint density at radius 3 is 2.86 bits per heavy atom. The predicted molar refractivity (Wildman–Crippen MR) is 83.0 cm³/mol. The van der Waals surface area contributed by atoms with Crippen LogP contribution in [0.2, 0.25) is 0 Å². The van der Waals surface area contributed by atoms with Gasteiger partial charge in [0.05, 0.1) is 6.10 Å². The number of aliphatic hydroxyl groups is 1. The maximum Gasteiger partial charge on any atom is 0.261 e. The fraction of sp³-hybridized carbons (Fsp3) is 0.625. The van der Waals surface area contributed by atoms with Crippen LogP contribution >= 0.6 is 0 Å². The van der Waals surface area contributed by atoms with Gasteiger partial charge in [0.15, 0.2) is 0 Å². The molecule has 0 saturated carbocycles. The van der Waals surface area contributed by atoms with E-state index in [1.807, 2.05) is 0 Å². The van der Waals surface area contributed by atoms with E-state index < -0.39 is 6.10 Å². The van der Waals surface area contributed by atoms with E-state index in [2.05, 4.69) is 15.6 Å². The minimum Gasteiger partial charge on any atom is -0.391 e. The van der Waals surface area contributed by atoms with Gasteiger partial charge in [0, 0.05) is 31.2 Å². The Labute approximate surface area is 129 Å². The van der Waals surface area contributed by atoms with Crippen molar-refractivity contribution in [1.82, 2.24) is 15.6 Å². The molecule has 3 rings (SSSR count). The van der Waals surface area contributed by atoms with Crippen LogP contribution in [0.3, 0.4) is 0 Å². The number of carbonyl (C=O) groups is 1. The number of pyridine rings is 1. The minimum absolute atomic E-state index is 0.00357. The Kier molecular flexibility index (Phi) is 4.59. The molecule has 1 fully saturated rings. The molecule has 1 aliphatic carbocycles. The number of nitrogens with one attached hydrogen (secondary N) is 3. The highest BCUT2D eigenvalue weighted by Gasteiger charge is 2.25. The van der Waals surface area contributed by atoms with E-state index in [1.54, 1.807) is 6.07 Å². The largest absolute Gasteiger partial charge is 0.391 e. The first-order chi connectivity index (χ1) is 10.6. The van der Waals surface area contributed by atoms with Gasteiger partial charge in [0.1, 0.15) is 5.56 Å². The Bertz CT molecular complexity index is 611. The normalized spacial score (nSPS) is 24.6. The van der Waals surface area contributed by atoms with Crippen LogP contribution in [0.15, 0.2) is 10.9 Å². The van der Waals surface area contributed by atoms with Crippen molar-refractivity contribution in [3.63, 3.8) is 0 Å². The summed E-state index contributed by atoms with van der Waals surface area (Å²) in [5.41, 5.74) is 1.93. The van der Waals surface area contributed by atoms with Gasteiger partial charge in [-0.15, -0.1) is 0 Å². The lowest BCUT2D eigenvalue weighted by atomic mass is 10.0. The molecule has 2 aliphatic rings. The maximum atomic E-state index is 12.3. The van der Waals surface area contributed by atoms with Crippen molar-refractivity contribution in [2.75, 3.05) is 19.6 Å². The highest BCUT2D eigenvalue weighted by Crippen LogP contribution is 2.18. The summed E-state index contributed by atoms with van der Waals surface area (Å²) in [6, 6.07) is 1.75. The van der Waals surface area contributed by atoms with Crippen LogP contribution < -0.4 is 16.2 Å². The SMILES string of the molecule is O=C(NCC1CNCC1O)c1cc2c([nH]c1=O)CCCCC2. The topological polar surface area (TPSA) is 94.2 Å². The number of β-amino-alcohol motifs (C(OH)–C–C–N with tert-alkyl or cyclic N) is 1. The molecule has 120 valence electrons. The van der Waals surface area contributed by atoms with Crippen molar-refractivity contribution >= 4 is 5.91 Å². The average Bonchev–Trinajstić information content (AvgIpc) is 2.77. The molecule has 4 N–H and O–H groups in total. The summed E-state index contributed by atoms with van der Waals surface area (Å²) in [7, 11) is 0. The number of amides is 1. The average molecular weight is 305 g/mol. The number of aromatic amines is 1. The van der Waals surface area contributed by atoms with E-state index >= 15 is 0 Å². The molecular formula is C16H23N3O3. The standard InChI is InChI=1S/C16H23N3O3/c20-14-9-17-7-11(14)8-18-15(21)12-6-10-4-2-1-3-5-13(10)19-16(12)22/h6,11,14,17,20H,1-5,7-9H2,(H,18,21)(H,19,22). The fourth-order valence-electron chi connectivity index (χ4n) is 3.27. The summed E-state index contributed by atoms with van der Waals surface area (Å²) in [6.45, 7) is 1.62. The molecule has 2 unspecified atom stereocenters. The van der Waals surface area contributed by atoms with Crippen LogP contribution in [0.4, 0.5) is 0 Å². The van der Waals surface area contributed by atoms with Crippen molar-refractivity contribution in [2.45, 2.75) is 38.2 Å². The second-order valence-corrected chi connectivity index (χ2v) is 6.27. The zero-order chi connectivity index (χ0) is 15.5. The number of aryl methyl sites for hydroxylation is 2. The molecule has 2 heterocycles. The first-order valence-corrected chi connectivity index (χ1v) is 8.07. The van der Waals surface area contributed by atoms with Gasteiger partial charge >= 0.3 is 0 Å². The number of rotatable bonds is 3. The third kappa shape index (κ3) is 3.23. The van der Waals surface area contributed by atoms with Gasteiger partial charge < -0.3 is 20.7 Å². The van der Waals surface area contributed by atoms with Crippen LogP contribution in [0.5, 0.6) is 0 Å². The van der Waals surface area contributed by atoms with Gasteiger partial charge in [-0.05, 0) is 37.3 Å². The van der Waals surface area contributed by atoms with Crippen molar-refractivity contribution in [3.8, 4) is 0 Å². The van der Waals surface area contributed by atoms with Crippen molar-refractivity contribution < 1.29 is 9.90 Å². The van der Waals surface area contributed by atoms with Crippen molar-refractivity contribution in [2.24, 2.45) is 5.92 Å².